The first kappa shape index (κ1) is 12.7. The Hall–Kier alpha value is -0.280. The molecule has 0 bridgehead atoms. The van der Waals surface area contributed by atoms with Crippen LogP contribution in [0.1, 0.15) is 5.56 Å². The maximum absolute atomic E-state index is 8.62. The van der Waals surface area contributed by atoms with Crippen molar-refractivity contribution in [2.75, 3.05) is 13.7 Å². The zero-order valence-electron chi connectivity index (χ0n) is 7.43. The fourth-order valence-electron chi connectivity index (χ4n) is 0.884. The number of aliphatic hydroxyl groups excluding tert-OH is 1. The van der Waals surface area contributed by atoms with E-state index in [0.29, 0.717) is 16.5 Å². The van der Waals surface area contributed by atoms with Crippen LogP contribution in [0.15, 0.2) is 18.2 Å². The first-order valence-electron chi connectivity index (χ1n) is 3.86. The standard InChI is InChI=1S/C8H8Cl2O.CH5N/c9-7-3-6(1-2-11)4-8(10)5-7;1-2/h3-5,11H,1-2H2;2H2,1H3. The molecule has 0 saturated carbocycles. The fourth-order valence-corrected chi connectivity index (χ4v) is 1.46. The summed E-state index contributed by atoms with van der Waals surface area (Å²) in [6.45, 7) is 0.122. The summed E-state index contributed by atoms with van der Waals surface area (Å²) in [6.07, 6.45) is 0.597. The number of hydrogen-bond donors (Lipinski definition) is 2. The SMILES string of the molecule is CN.OCCc1cc(Cl)cc(Cl)c1. The number of hydrogen-bond acceptors (Lipinski definition) is 2. The Kier molecular flexibility index (Phi) is 7.00. The highest BCUT2D eigenvalue weighted by atomic mass is 35.5. The van der Waals surface area contributed by atoms with Crippen LogP contribution in [0.2, 0.25) is 10.0 Å². The molecule has 0 aliphatic carbocycles. The monoisotopic (exact) mass is 221 g/mol. The maximum atomic E-state index is 8.62. The van der Waals surface area contributed by atoms with E-state index in [1.807, 2.05) is 0 Å². The van der Waals surface area contributed by atoms with Crippen molar-refractivity contribution < 1.29 is 5.11 Å². The van der Waals surface area contributed by atoms with Gasteiger partial charge in [-0.3, -0.25) is 0 Å². The van der Waals surface area contributed by atoms with Crippen LogP contribution in [0.3, 0.4) is 0 Å². The van der Waals surface area contributed by atoms with Crippen molar-refractivity contribution in [3.05, 3.63) is 33.8 Å². The maximum Gasteiger partial charge on any atom is 0.0471 e. The summed E-state index contributed by atoms with van der Waals surface area (Å²) in [6, 6.07) is 5.26. The summed E-state index contributed by atoms with van der Waals surface area (Å²) in [5.74, 6) is 0. The number of halogens is 2. The molecule has 0 unspecified atom stereocenters. The molecule has 0 heterocycles. The molecule has 3 N–H and O–H groups in total. The van der Waals surface area contributed by atoms with Gasteiger partial charge in [0.2, 0.25) is 0 Å². The molecule has 1 aromatic rings. The molecule has 2 nitrogen and oxygen atoms in total. The van der Waals surface area contributed by atoms with E-state index in [1.165, 1.54) is 7.05 Å². The first-order chi connectivity index (χ1) is 6.22. The quantitative estimate of drug-likeness (QED) is 0.804. The van der Waals surface area contributed by atoms with Crippen molar-refractivity contribution >= 4 is 23.2 Å². The Morgan fingerprint density at radius 2 is 1.62 bits per heavy atom. The second-order valence-electron chi connectivity index (χ2n) is 2.25. The van der Waals surface area contributed by atoms with E-state index >= 15 is 0 Å². The van der Waals surface area contributed by atoms with Gasteiger partial charge in [-0.2, -0.15) is 0 Å². The van der Waals surface area contributed by atoms with E-state index in [-0.39, 0.29) is 6.61 Å². The smallest absolute Gasteiger partial charge is 0.0471 e. The predicted molar refractivity (Wildman–Crippen MR) is 57.4 cm³/mol. The summed E-state index contributed by atoms with van der Waals surface area (Å²) in [5.41, 5.74) is 5.46. The van der Waals surface area contributed by atoms with E-state index in [1.54, 1.807) is 18.2 Å². The summed E-state index contributed by atoms with van der Waals surface area (Å²) >= 11 is 11.4. The van der Waals surface area contributed by atoms with Crippen molar-refractivity contribution in [3.8, 4) is 0 Å². The topological polar surface area (TPSA) is 46.2 Å². The van der Waals surface area contributed by atoms with E-state index < -0.39 is 0 Å². The molecule has 1 rings (SSSR count). The van der Waals surface area contributed by atoms with Crippen molar-refractivity contribution in [2.24, 2.45) is 5.73 Å². The highest BCUT2D eigenvalue weighted by molar-refractivity contribution is 6.34. The van der Waals surface area contributed by atoms with Gasteiger partial charge in [0, 0.05) is 16.7 Å². The van der Waals surface area contributed by atoms with Crippen molar-refractivity contribution in [3.63, 3.8) is 0 Å². The minimum atomic E-state index is 0.122. The lowest BCUT2D eigenvalue weighted by Gasteiger charge is -1.99. The van der Waals surface area contributed by atoms with Crippen molar-refractivity contribution in [1.29, 1.82) is 0 Å². The molecule has 0 radical (unpaired) electrons. The van der Waals surface area contributed by atoms with Gasteiger partial charge in [0.1, 0.15) is 0 Å². The van der Waals surface area contributed by atoms with Crippen LogP contribution in [0.5, 0.6) is 0 Å². The van der Waals surface area contributed by atoms with Crippen molar-refractivity contribution in [2.45, 2.75) is 6.42 Å². The summed E-state index contributed by atoms with van der Waals surface area (Å²) in [4.78, 5) is 0. The van der Waals surface area contributed by atoms with E-state index in [0.717, 1.165) is 5.56 Å². The van der Waals surface area contributed by atoms with Gasteiger partial charge in [0.15, 0.2) is 0 Å². The highest BCUT2D eigenvalue weighted by Gasteiger charge is 1.96. The molecule has 0 aliphatic rings. The third kappa shape index (κ3) is 5.11. The molecule has 0 atom stereocenters. The second-order valence-corrected chi connectivity index (χ2v) is 3.12. The van der Waals surface area contributed by atoms with Gasteiger partial charge < -0.3 is 10.8 Å². The largest absolute Gasteiger partial charge is 0.396 e. The van der Waals surface area contributed by atoms with Gasteiger partial charge in [-0.15, -0.1) is 0 Å². The molecule has 13 heavy (non-hydrogen) atoms. The average molecular weight is 222 g/mol. The zero-order chi connectivity index (χ0) is 10.3. The van der Waals surface area contributed by atoms with Gasteiger partial charge >= 0.3 is 0 Å². The van der Waals surface area contributed by atoms with Gasteiger partial charge in [-0.1, -0.05) is 23.2 Å². The number of benzene rings is 1. The van der Waals surface area contributed by atoms with Crippen LogP contribution in [-0.4, -0.2) is 18.8 Å². The molecule has 0 spiro atoms. The highest BCUT2D eigenvalue weighted by Crippen LogP contribution is 2.18. The van der Waals surface area contributed by atoms with Crippen LogP contribution in [0.25, 0.3) is 0 Å². The first-order valence-corrected chi connectivity index (χ1v) is 4.61. The Bertz CT molecular complexity index is 233. The molecule has 4 heteroatoms. The molecule has 0 aliphatic heterocycles. The Morgan fingerprint density at radius 3 is 2.00 bits per heavy atom. The van der Waals surface area contributed by atoms with Crippen molar-refractivity contribution in [1.82, 2.24) is 0 Å². The summed E-state index contributed by atoms with van der Waals surface area (Å²) in [5, 5.41) is 9.84. The molecular weight excluding hydrogens is 209 g/mol. The van der Waals surface area contributed by atoms with E-state index in [4.69, 9.17) is 28.3 Å². The number of nitrogens with two attached hydrogens (primary N) is 1. The minimum absolute atomic E-state index is 0.122. The van der Waals surface area contributed by atoms with Gasteiger partial charge in [-0.25, -0.2) is 0 Å². The van der Waals surface area contributed by atoms with Crippen LogP contribution >= 0.6 is 23.2 Å². The normalized spacial score (nSPS) is 9.00. The lowest BCUT2D eigenvalue weighted by atomic mass is 10.2. The molecule has 1 aromatic carbocycles. The van der Waals surface area contributed by atoms with Gasteiger partial charge in [0.25, 0.3) is 0 Å². The number of aliphatic hydroxyl groups is 1. The Balaban J connectivity index is 0.000000671. The summed E-state index contributed by atoms with van der Waals surface area (Å²) in [7, 11) is 1.50. The van der Waals surface area contributed by atoms with E-state index in [9.17, 15) is 0 Å². The van der Waals surface area contributed by atoms with Crippen LogP contribution in [-0.2, 0) is 6.42 Å². The molecule has 74 valence electrons. The average Bonchev–Trinajstić information content (AvgIpc) is 2.06. The van der Waals surface area contributed by atoms with Crippen LogP contribution in [0.4, 0.5) is 0 Å². The minimum Gasteiger partial charge on any atom is -0.396 e. The molecule has 0 fully saturated rings. The Morgan fingerprint density at radius 1 is 1.15 bits per heavy atom. The van der Waals surface area contributed by atoms with Gasteiger partial charge in [0.05, 0.1) is 0 Å². The van der Waals surface area contributed by atoms with Crippen LogP contribution < -0.4 is 5.73 Å². The molecule has 0 saturated heterocycles. The van der Waals surface area contributed by atoms with Crippen LogP contribution in [0, 0.1) is 0 Å². The summed E-state index contributed by atoms with van der Waals surface area (Å²) < 4.78 is 0. The zero-order valence-corrected chi connectivity index (χ0v) is 8.94. The third-order valence-electron chi connectivity index (χ3n) is 1.32. The predicted octanol–water partition coefficient (Wildman–Crippen LogP) is 2.10. The Labute approximate surface area is 88.3 Å². The lowest BCUT2D eigenvalue weighted by Crippen LogP contribution is -1.89. The second kappa shape index (κ2) is 7.15. The molecular formula is C9H13Cl2NO. The molecule has 0 aromatic heterocycles. The lowest BCUT2D eigenvalue weighted by molar-refractivity contribution is 0.299. The third-order valence-corrected chi connectivity index (χ3v) is 1.76. The fraction of sp³-hybridized carbons (Fsp3) is 0.333. The molecule has 0 amide bonds. The van der Waals surface area contributed by atoms with Gasteiger partial charge in [-0.05, 0) is 37.2 Å². The number of rotatable bonds is 2. The van der Waals surface area contributed by atoms with E-state index in [2.05, 4.69) is 5.73 Å².